The highest BCUT2D eigenvalue weighted by molar-refractivity contribution is 5.28. The lowest BCUT2D eigenvalue weighted by molar-refractivity contribution is 0.121. The Labute approximate surface area is 164 Å². The molecule has 26 heavy (non-hydrogen) atoms. The molecule has 0 N–H and O–H groups in total. The van der Waals surface area contributed by atoms with Crippen LogP contribution in [0, 0.1) is 46.3 Å². The molecule has 0 spiro atoms. The van der Waals surface area contributed by atoms with Crippen molar-refractivity contribution < 1.29 is 0 Å². The minimum absolute atomic E-state index is 0.370. The normalized spacial score (nSPS) is 33.9. The molecule has 0 aromatic carbocycles. The number of unbranched alkanes of at least 4 members (excludes halogenated alkanes) is 1. The van der Waals surface area contributed by atoms with E-state index in [1.807, 2.05) is 0 Å². The first-order chi connectivity index (χ1) is 12.1. The van der Waals surface area contributed by atoms with Crippen molar-refractivity contribution in [2.24, 2.45) is 46.3 Å². The lowest BCUT2D eigenvalue weighted by Gasteiger charge is -2.42. The van der Waals surface area contributed by atoms with Crippen LogP contribution in [-0.4, -0.2) is 0 Å². The second kappa shape index (κ2) is 8.24. The van der Waals surface area contributed by atoms with Gasteiger partial charge in [-0.15, -0.1) is 0 Å². The van der Waals surface area contributed by atoms with E-state index in [1.54, 1.807) is 5.57 Å². The van der Waals surface area contributed by atoms with Gasteiger partial charge in [-0.1, -0.05) is 92.0 Å². The molecule has 150 valence electrons. The fourth-order valence-corrected chi connectivity index (χ4v) is 6.14. The topological polar surface area (TPSA) is 0 Å². The van der Waals surface area contributed by atoms with Gasteiger partial charge in [0.2, 0.25) is 0 Å². The van der Waals surface area contributed by atoms with Crippen molar-refractivity contribution >= 4 is 0 Å². The quantitative estimate of drug-likeness (QED) is 0.383. The third-order valence-corrected chi connectivity index (χ3v) is 7.74. The van der Waals surface area contributed by atoms with E-state index < -0.39 is 0 Å². The number of allylic oxidation sites excluding steroid dienone is 4. The Morgan fingerprint density at radius 3 is 2.38 bits per heavy atom. The molecule has 0 amide bonds. The molecule has 0 aliphatic heterocycles. The Bertz CT molecular complexity index is 515. The van der Waals surface area contributed by atoms with E-state index in [9.17, 15) is 0 Å². The number of fused-ring (bicyclic) bond motifs is 1. The molecule has 0 saturated heterocycles. The summed E-state index contributed by atoms with van der Waals surface area (Å²) in [7, 11) is 0. The van der Waals surface area contributed by atoms with E-state index in [0.29, 0.717) is 16.7 Å². The maximum atomic E-state index is 2.72. The monoisotopic (exact) mass is 358 g/mol. The van der Waals surface area contributed by atoms with Crippen LogP contribution >= 0.6 is 0 Å². The molecule has 2 aliphatic carbocycles. The molecule has 0 aromatic heterocycles. The van der Waals surface area contributed by atoms with E-state index >= 15 is 0 Å². The molecular weight excluding hydrogens is 312 g/mol. The number of rotatable bonds is 8. The van der Waals surface area contributed by atoms with Crippen molar-refractivity contribution in [1.29, 1.82) is 0 Å². The Balaban J connectivity index is 2.38. The average molecular weight is 359 g/mol. The van der Waals surface area contributed by atoms with Crippen molar-refractivity contribution in [2.45, 2.75) is 94.4 Å². The van der Waals surface area contributed by atoms with E-state index in [0.717, 1.165) is 29.6 Å². The maximum Gasteiger partial charge on any atom is -0.00181 e. The molecule has 2 aliphatic rings. The minimum atomic E-state index is 0.370. The highest BCUT2D eigenvalue weighted by atomic mass is 14.7. The van der Waals surface area contributed by atoms with Gasteiger partial charge in [0.05, 0.1) is 0 Å². The van der Waals surface area contributed by atoms with Crippen LogP contribution in [0.2, 0.25) is 0 Å². The van der Waals surface area contributed by atoms with Gasteiger partial charge in [-0.3, -0.25) is 0 Å². The van der Waals surface area contributed by atoms with Crippen LogP contribution in [0.15, 0.2) is 23.8 Å². The van der Waals surface area contributed by atoms with Gasteiger partial charge in [0, 0.05) is 0 Å². The Morgan fingerprint density at radius 2 is 1.88 bits per heavy atom. The highest BCUT2D eigenvalue weighted by Gasteiger charge is 2.62. The van der Waals surface area contributed by atoms with Crippen LogP contribution < -0.4 is 0 Å². The zero-order valence-electron chi connectivity index (χ0n) is 19.2. The first-order valence-electron chi connectivity index (χ1n) is 11.4. The standard InChI is InChI=1S/C26H46/c1-10-12-13-19(5)16-23(22(11-2)25(7,8)9)26-15-14-21(18(3)4)20(6)24(26)17-26/h14-16,18,20-24H,10-13,17H2,1-9H3/b19-16-. The van der Waals surface area contributed by atoms with E-state index in [4.69, 9.17) is 0 Å². The van der Waals surface area contributed by atoms with Crippen LogP contribution in [0.3, 0.4) is 0 Å². The van der Waals surface area contributed by atoms with Crippen LogP contribution in [0.4, 0.5) is 0 Å². The Morgan fingerprint density at radius 1 is 1.23 bits per heavy atom. The zero-order chi connectivity index (χ0) is 19.7. The Kier molecular flexibility index (Phi) is 6.90. The minimum Gasteiger partial charge on any atom is -0.0843 e. The molecule has 0 nitrogen and oxygen atoms in total. The van der Waals surface area contributed by atoms with E-state index in [-0.39, 0.29) is 0 Å². The molecule has 6 unspecified atom stereocenters. The predicted octanol–water partition coefficient (Wildman–Crippen LogP) is 8.30. The molecule has 0 heterocycles. The average Bonchev–Trinajstić information content (AvgIpc) is 3.28. The van der Waals surface area contributed by atoms with Crippen molar-refractivity contribution in [3.8, 4) is 0 Å². The molecule has 0 aromatic rings. The van der Waals surface area contributed by atoms with Crippen LogP contribution in [0.25, 0.3) is 0 Å². The predicted molar refractivity (Wildman–Crippen MR) is 117 cm³/mol. The molecule has 0 heteroatoms. The lowest BCUT2D eigenvalue weighted by atomic mass is 9.62. The smallest absolute Gasteiger partial charge is 0.00181 e. The van der Waals surface area contributed by atoms with Gasteiger partial charge in [0.25, 0.3) is 0 Å². The molecule has 0 radical (unpaired) electrons. The first kappa shape index (κ1) is 21.8. The van der Waals surface area contributed by atoms with Crippen LogP contribution in [0.5, 0.6) is 0 Å². The number of hydrogen-bond donors (Lipinski definition) is 0. The maximum absolute atomic E-state index is 2.72. The summed E-state index contributed by atoms with van der Waals surface area (Å²) in [5.41, 5.74) is 2.45. The molecule has 1 fully saturated rings. The summed E-state index contributed by atoms with van der Waals surface area (Å²) in [5.74, 6) is 4.75. The van der Waals surface area contributed by atoms with Crippen molar-refractivity contribution in [3.63, 3.8) is 0 Å². The molecular formula is C26H46. The van der Waals surface area contributed by atoms with Crippen molar-refractivity contribution in [1.82, 2.24) is 0 Å². The van der Waals surface area contributed by atoms with Crippen molar-refractivity contribution in [3.05, 3.63) is 23.8 Å². The second-order valence-corrected chi connectivity index (χ2v) is 11.0. The van der Waals surface area contributed by atoms with Crippen molar-refractivity contribution in [2.75, 3.05) is 0 Å². The fourth-order valence-electron chi connectivity index (χ4n) is 6.14. The summed E-state index contributed by atoms with van der Waals surface area (Å²) >= 11 is 0. The van der Waals surface area contributed by atoms with Gasteiger partial charge in [-0.2, -0.15) is 0 Å². The summed E-state index contributed by atoms with van der Waals surface area (Å²) in [4.78, 5) is 0. The Hall–Kier alpha value is -0.520. The third kappa shape index (κ3) is 4.31. The van der Waals surface area contributed by atoms with Gasteiger partial charge in [-0.25, -0.2) is 0 Å². The molecule has 2 rings (SSSR count). The SMILES string of the molecule is CCCC/C(C)=C\C(C(CC)C(C)(C)C)C12C=CC(C(C)C)C(C)C1C2. The highest BCUT2D eigenvalue weighted by Crippen LogP contribution is 2.69. The molecule has 1 saturated carbocycles. The third-order valence-electron chi connectivity index (χ3n) is 7.74. The molecule has 0 bridgehead atoms. The van der Waals surface area contributed by atoms with Crippen LogP contribution in [-0.2, 0) is 0 Å². The summed E-state index contributed by atoms with van der Waals surface area (Å²) < 4.78 is 0. The summed E-state index contributed by atoms with van der Waals surface area (Å²) in [6.07, 6.45) is 14.6. The second-order valence-electron chi connectivity index (χ2n) is 11.0. The lowest BCUT2D eigenvalue weighted by Crippen LogP contribution is -2.36. The van der Waals surface area contributed by atoms with E-state index in [2.05, 4.69) is 80.5 Å². The number of hydrogen-bond acceptors (Lipinski definition) is 0. The zero-order valence-corrected chi connectivity index (χ0v) is 19.2. The van der Waals surface area contributed by atoms with E-state index in [1.165, 1.54) is 32.1 Å². The summed E-state index contributed by atoms with van der Waals surface area (Å²) in [5, 5.41) is 0. The van der Waals surface area contributed by atoms with Gasteiger partial charge >= 0.3 is 0 Å². The summed E-state index contributed by atoms with van der Waals surface area (Å²) in [6.45, 7) is 21.8. The fraction of sp³-hybridized carbons (Fsp3) is 0.846. The summed E-state index contributed by atoms with van der Waals surface area (Å²) in [6, 6.07) is 0. The molecule has 6 atom stereocenters. The van der Waals surface area contributed by atoms with Crippen LogP contribution in [0.1, 0.15) is 94.4 Å². The van der Waals surface area contributed by atoms with Gasteiger partial charge in [0.1, 0.15) is 0 Å². The first-order valence-corrected chi connectivity index (χ1v) is 11.4. The van der Waals surface area contributed by atoms with Gasteiger partial charge in [0.15, 0.2) is 0 Å². The van der Waals surface area contributed by atoms with Gasteiger partial charge in [-0.05, 0) is 72.5 Å². The largest absolute Gasteiger partial charge is 0.0843 e. The van der Waals surface area contributed by atoms with Gasteiger partial charge < -0.3 is 0 Å².